The summed E-state index contributed by atoms with van der Waals surface area (Å²) in [5.41, 5.74) is 4.04. The molecule has 1 fully saturated rings. The zero-order chi connectivity index (χ0) is 30.5. The highest BCUT2D eigenvalue weighted by Crippen LogP contribution is 2.28. The van der Waals surface area contributed by atoms with E-state index in [9.17, 15) is 18.0 Å². The van der Waals surface area contributed by atoms with Crippen molar-refractivity contribution in [1.82, 2.24) is 20.7 Å². The average molecular weight is 597 g/mol. The van der Waals surface area contributed by atoms with Crippen LogP contribution in [-0.2, 0) is 21.2 Å². The molecule has 10 nitrogen and oxygen atoms in total. The first kappa shape index (κ1) is 31.4. The monoisotopic (exact) mass is 596 g/mol. The molecule has 2 amide bonds. The number of hydrogen-bond acceptors (Lipinski definition) is 8. The molecule has 4 rings (SSSR count). The second kappa shape index (κ2) is 12.8. The molecule has 2 aromatic carbocycles. The molecule has 0 atom stereocenters. The number of aryl methyl sites for hydroxylation is 1. The number of aromatic nitrogens is 1. The van der Waals surface area contributed by atoms with Crippen LogP contribution >= 0.6 is 0 Å². The number of sulfone groups is 1. The first-order chi connectivity index (χ1) is 19.8. The summed E-state index contributed by atoms with van der Waals surface area (Å²) in [5, 5.41) is 13.2. The third-order valence-corrected chi connectivity index (χ3v) is 10.5. The van der Waals surface area contributed by atoms with E-state index < -0.39 is 26.0 Å². The summed E-state index contributed by atoms with van der Waals surface area (Å²) in [4.78, 5) is 32.0. The Morgan fingerprint density at radius 3 is 2.38 bits per heavy atom. The maximum atomic E-state index is 13.3. The molecule has 1 aliphatic rings. The molecule has 1 aromatic heterocycles. The minimum Gasteiger partial charge on any atom is -0.489 e. The molecular weight excluding hydrogens is 556 g/mol. The normalized spacial score (nSPS) is 15.7. The number of rotatable bonds is 10. The van der Waals surface area contributed by atoms with Crippen LogP contribution in [0.15, 0.2) is 54.6 Å². The molecule has 3 aromatic rings. The summed E-state index contributed by atoms with van der Waals surface area (Å²) in [6.07, 6.45) is 0.772. The Morgan fingerprint density at radius 1 is 1.07 bits per heavy atom. The van der Waals surface area contributed by atoms with Gasteiger partial charge in [0.2, 0.25) is 5.91 Å². The van der Waals surface area contributed by atoms with Crippen LogP contribution in [0.2, 0.25) is 0 Å². The van der Waals surface area contributed by atoms with Crippen molar-refractivity contribution in [2.75, 3.05) is 25.4 Å². The van der Waals surface area contributed by atoms with Crippen molar-refractivity contribution in [3.05, 3.63) is 71.4 Å². The zero-order valence-electron chi connectivity index (χ0n) is 24.6. The number of nitrogens with one attached hydrogen (secondary N) is 2. The fourth-order valence-corrected chi connectivity index (χ4v) is 6.25. The minimum atomic E-state index is -3.26. The molecule has 0 radical (unpaired) electrons. The zero-order valence-corrected chi connectivity index (χ0v) is 25.5. The molecular formula is C31H40N4O6S. The van der Waals surface area contributed by atoms with Crippen LogP contribution in [0.4, 0.5) is 0 Å². The Hall–Kier alpha value is -3.54. The highest BCUT2D eigenvalue weighted by atomic mass is 32.2. The Labute approximate surface area is 247 Å². The second-order valence-electron chi connectivity index (χ2n) is 12.0. The lowest BCUT2D eigenvalue weighted by Crippen LogP contribution is -2.57. The van der Waals surface area contributed by atoms with Crippen LogP contribution in [0.25, 0.3) is 10.9 Å². The van der Waals surface area contributed by atoms with Crippen molar-refractivity contribution in [2.24, 2.45) is 0 Å². The molecule has 0 spiro atoms. The Balaban J connectivity index is 1.38. The number of hydrogen-bond donors (Lipinski definition) is 3. The number of para-hydroxylation sites is 1. The smallest absolute Gasteiger partial charge is 0.251 e. The van der Waals surface area contributed by atoms with Crippen LogP contribution in [-0.4, -0.2) is 71.0 Å². The number of hydroxylamine groups is 1. The van der Waals surface area contributed by atoms with Gasteiger partial charge < -0.3 is 15.0 Å². The molecule has 2 heterocycles. The number of carbonyl (C=O) groups excluding carboxylic acids is 2. The minimum absolute atomic E-state index is 0.0401. The number of benzene rings is 2. The molecule has 0 unspecified atom stereocenters. The van der Waals surface area contributed by atoms with E-state index in [1.165, 1.54) is 0 Å². The number of carbonyl (C=O) groups is 2. The standard InChI is InChI=1S/C31H40N4O6S/c1-22-19-24(26-7-5-6-8-27(26)32-22)21-41-25-11-9-23(10-12-25)29(37)33-31(20-28(36)34-38)13-15-35(16-14-31)17-18-42(39,40)30(2,3)4/h5-12,19,38H,13-18,20-21H2,1-4H3,(H,33,37)(H,34,36). The molecule has 1 saturated heterocycles. The summed E-state index contributed by atoms with van der Waals surface area (Å²) in [6.45, 7) is 8.76. The lowest BCUT2D eigenvalue weighted by atomic mass is 9.83. The van der Waals surface area contributed by atoms with Crippen LogP contribution in [0.5, 0.6) is 5.75 Å². The van der Waals surface area contributed by atoms with Gasteiger partial charge in [-0.15, -0.1) is 0 Å². The summed E-state index contributed by atoms with van der Waals surface area (Å²) in [5.74, 6) is -0.287. The molecule has 42 heavy (non-hydrogen) atoms. The van der Waals surface area contributed by atoms with Crippen molar-refractivity contribution in [3.8, 4) is 5.75 Å². The highest BCUT2D eigenvalue weighted by molar-refractivity contribution is 7.92. The molecule has 0 saturated carbocycles. The molecule has 1 aliphatic heterocycles. The number of ether oxygens (including phenoxy) is 1. The van der Waals surface area contributed by atoms with Crippen molar-refractivity contribution in [2.45, 2.75) is 63.9 Å². The van der Waals surface area contributed by atoms with E-state index >= 15 is 0 Å². The maximum absolute atomic E-state index is 13.3. The van der Waals surface area contributed by atoms with Gasteiger partial charge in [0.05, 0.1) is 28.0 Å². The lowest BCUT2D eigenvalue weighted by molar-refractivity contribution is -0.131. The number of amides is 2. The number of likely N-dealkylation sites (tertiary alicyclic amines) is 1. The predicted molar refractivity (Wildman–Crippen MR) is 161 cm³/mol. The number of piperidine rings is 1. The predicted octanol–water partition coefficient (Wildman–Crippen LogP) is 3.80. The SMILES string of the molecule is Cc1cc(COc2ccc(C(=O)NC3(CC(=O)NO)CCN(CCS(=O)(=O)C(C)(C)C)CC3)cc2)c2ccccc2n1. The lowest BCUT2D eigenvalue weighted by Gasteiger charge is -2.42. The van der Waals surface area contributed by atoms with Gasteiger partial charge in [0, 0.05) is 41.8 Å². The molecule has 0 aliphatic carbocycles. The van der Waals surface area contributed by atoms with E-state index in [-0.39, 0.29) is 18.1 Å². The fraction of sp³-hybridized carbons (Fsp3) is 0.452. The van der Waals surface area contributed by atoms with Gasteiger partial charge in [-0.3, -0.25) is 19.8 Å². The summed E-state index contributed by atoms with van der Waals surface area (Å²) < 4.78 is 30.3. The van der Waals surface area contributed by atoms with E-state index in [1.807, 2.05) is 42.2 Å². The summed E-state index contributed by atoms with van der Waals surface area (Å²) in [7, 11) is -3.26. The average Bonchev–Trinajstić information content (AvgIpc) is 2.95. The first-order valence-electron chi connectivity index (χ1n) is 14.1. The van der Waals surface area contributed by atoms with Gasteiger partial charge in [0.15, 0.2) is 9.84 Å². The Kier molecular flexibility index (Phi) is 9.54. The maximum Gasteiger partial charge on any atom is 0.251 e. The fourth-order valence-electron chi connectivity index (χ4n) is 5.14. The van der Waals surface area contributed by atoms with Crippen LogP contribution in [0, 0.1) is 6.92 Å². The van der Waals surface area contributed by atoms with E-state index in [0.717, 1.165) is 22.2 Å². The van der Waals surface area contributed by atoms with Crippen molar-refractivity contribution in [3.63, 3.8) is 0 Å². The topological polar surface area (TPSA) is 138 Å². The summed E-state index contributed by atoms with van der Waals surface area (Å²) in [6, 6.07) is 16.7. The van der Waals surface area contributed by atoms with Gasteiger partial charge in [-0.2, -0.15) is 0 Å². The van der Waals surface area contributed by atoms with Gasteiger partial charge in [-0.25, -0.2) is 13.9 Å². The van der Waals surface area contributed by atoms with E-state index in [0.29, 0.717) is 50.4 Å². The van der Waals surface area contributed by atoms with E-state index in [4.69, 9.17) is 9.94 Å². The van der Waals surface area contributed by atoms with Crippen molar-refractivity contribution >= 4 is 32.6 Å². The molecule has 226 valence electrons. The van der Waals surface area contributed by atoms with Crippen molar-refractivity contribution in [1.29, 1.82) is 0 Å². The molecule has 3 N–H and O–H groups in total. The number of fused-ring (bicyclic) bond motifs is 1. The third kappa shape index (κ3) is 7.64. The first-order valence-corrected chi connectivity index (χ1v) is 15.7. The van der Waals surface area contributed by atoms with E-state index in [2.05, 4.69) is 10.3 Å². The highest BCUT2D eigenvalue weighted by Gasteiger charge is 2.39. The van der Waals surface area contributed by atoms with E-state index in [1.54, 1.807) is 50.5 Å². The Bertz CT molecular complexity index is 1530. The molecule has 11 heteroatoms. The van der Waals surface area contributed by atoms with Gasteiger partial charge in [0.25, 0.3) is 5.91 Å². The third-order valence-electron chi connectivity index (χ3n) is 7.87. The van der Waals surface area contributed by atoms with Gasteiger partial charge in [-0.05, 0) is 76.9 Å². The van der Waals surface area contributed by atoms with Gasteiger partial charge in [0.1, 0.15) is 12.4 Å². The van der Waals surface area contributed by atoms with Crippen LogP contribution in [0.3, 0.4) is 0 Å². The summed E-state index contributed by atoms with van der Waals surface area (Å²) >= 11 is 0. The number of nitrogens with zero attached hydrogens (tertiary/aromatic N) is 2. The Morgan fingerprint density at radius 2 is 1.74 bits per heavy atom. The van der Waals surface area contributed by atoms with Gasteiger partial charge in [-0.1, -0.05) is 18.2 Å². The van der Waals surface area contributed by atoms with Gasteiger partial charge >= 0.3 is 0 Å². The second-order valence-corrected chi connectivity index (χ2v) is 14.8. The van der Waals surface area contributed by atoms with Crippen LogP contribution < -0.4 is 15.5 Å². The largest absolute Gasteiger partial charge is 0.489 e. The number of pyridine rings is 1. The quantitative estimate of drug-likeness (QED) is 0.237. The molecule has 0 bridgehead atoms. The van der Waals surface area contributed by atoms with Crippen LogP contribution in [0.1, 0.15) is 61.6 Å². The van der Waals surface area contributed by atoms with Crippen molar-refractivity contribution < 1.29 is 28.0 Å².